The van der Waals surface area contributed by atoms with Gasteiger partial charge in [0.15, 0.2) is 17.3 Å². The quantitative estimate of drug-likeness (QED) is 0.540. The van der Waals surface area contributed by atoms with Crippen LogP contribution < -0.4 is 19.5 Å². The first kappa shape index (κ1) is 20.2. The first-order valence-corrected chi connectivity index (χ1v) is 10.3. The van der Waals surface area contributed by atoms with Gasteiger partial charge in [-0.25, -0.2) is 4.98 Å². The second-order valence-electron chi connectivity index (χ2n) is 6.51. The summed E-state index contributed by atoms with van der Waals surface area (Å²) in [6.07, 6.45) is 0.0727. The van der Waals surface area contributed by atoms with E-state index < -0.39 is 0 Å². The molecule has 0 fully saturated rings. The van der Waals surface area contributed by atoms with Gasteiger partial charge in [-0.3, -0.25) is 9.59 Å². The van der Waals surface area contributed by atoms with Crippen LogP contribution in [0, 0.1) is 0 Å². The normalized spacial score (nSPS) is 11.9. The van der Waals surface area contributed by atoms with Crippen molar-refractivity contribution >= 4 is 40.3 Å². The number of ether oxygens (including phenoxy) is 3. The van der Waals surface area contributed by atoms with E-state index in [1.54, 1.807) is 36.4 Å². The predicted octanol–water partition coefficient (Wildman–Crippen LogP) is 4.49. The van der Waals surface area contributed by atoms with Gasteiger partial charge in [-0.1, -0.05) is 11.6 Å². The maximum atomic E-state index is 12.5. The first-order valence-electron chi connectivity index (χ1n) is 9.04. The largest absolute Gasteiger partial charge is 0.486 e. The van der Waals surface area contributed by atoms with E-state index in [0.717, 1.165) is 5.01 Å². The zero-order valence-electron chi connectivity index (χ0n) is 15.9. The van der Waals surface area contributed by atoms with Gasteiger partial charge in [-0.2, -0.15) is 0 Å². The molecule has 154 valence electrons. The van der Waals surface area contributed by atoms with Crippen molar-refractivity contribution in [3.63, 3.8) is 0 Å². The number of fused-ring (bicyclic) bond motifs is 1. The zero-order valence-corrected chi connectivity index (χ0v) is 17.5. The van der Waals surface area contributed by atoms with Crippen LogP contribution in [0.3, 0.4) is 0 Å². The number of anilines is 1. The SMILES string of the molecule is CC(=O)c1cc2c(cc1NC(=O)Cc1csc(COc3ccc(Cl)cc3)n1)OCO2. The Labute approximate surface area is 181 Å². The Bertz CT molecular complexity index is 1100. The lowest BCUT2D eigenvalue weighted by Gasteiger charge is -2.10. The van der Waals surface area contributed by atoms with Crippen LogP contribution >= 0.6 is 22.9 Å². The zero-order chi connectivity index (χ0) is 21.1. The molecule has 0 spiro atoms. The standard InChI is InChI=1S/C21H17ClN2O5S/c1-12(25)16-7-18-19(29-11-28-18)8-17(16)24-20(26)6-14-10-30-21(23-14)9-27-15-4-2-13(22)3-5-15/h2-5,7-8,10H,6,9,11H2,1H3,(H,24,26). The number of hydrogen-bond acceptors (Lipinski definition) is 7. The minimum Gasteiger partial charge on any atom is -0.486 e. The molecule has 2 heterocycles. The van der Waals surface area contributed by atoms with E-state index in [1.165, 1.54) is 18.3 Å². The van der Waals surface area contributed by atoms with Crippen molar-refractivity contribution in [1.29, 1.82) is 0 Å². The molecule has 0 aliphatic carbocycles. The number of aromatic nitrogens is 1. The fourth-order valence-electron chi connectivity index (χ4n) is 2.87. The van der Waals surface area contributed by atoms with E-state index in [-0.39, 0.29) is 24.9 Å². The molecule has 1 amide bonds. The van der Waals surface area contributed by atoms with E-state index in [4.69, 9.17) is 25.8 Å². The van der Waals surface area contributed by atoms with Gasteiger partial charge in [-0.05, 0) is 37.3 Å². The summed E-state index contributed by atoms with van der Waals surface area (Å²) in [7, 11) is 0. The smallest absolute Gasteiger partial charge is 0.231 e. The van der Waals surface area contributed by atoms with E-state index in [9.17, 15) is 9.59 Å². The first-order chi connectivity index (χ1) is 14.5. The molecular formula is C21H17ClN2O5S. The van der Waals surface area contributed by atoms with Gasteiger partial charge < -0.3 is 19.5 Å². The lowest BCUT2D eigenvalue weighted by Crippen LogP contribution is -2.16. The molecule has 0 saturated carbocycles. The predicted molar refractivity (Wildman–Crippen MR) is 113 cm³/mol. The maximum absolute atomic E-state index is 12.5. The summed E-state index contributed by atoms with van der Waals surface area (Å²) in [6, 6.07) is 10.2. The topological polar surface area (TPSA) is 86.8 Å². The van der Waals surface area contributed by atoms with Crippen LogP contribution in [0.1, 0.15) is 28.0 Å². The average Bonchev–Trinajstić information content (AvgIpc) is 3.35. The number of benzene rings is 2. The molecule has 9 heteroatoms. The van der Waals surface area contributed by atoms with Crippen molar-refractivity contribution in [3.8, 4) is 17.2 Å². The molecule has 0 radical (unpaired) electrons. The average molecular weight is 445 g/mol. The van der Waals surface area contributed by atoms with E-state index >= 15 is 0 Å². The Balaban J connectivity index is 1.38. The molecule has 0 bridgehead atoms. The third-order valence-corrected chi connectivity index (χ3v) is 5.41. The van der Waals surface area contributed by atoms with E-state index in [0.29, 0.717) is 45.8 Å². The highest BCUT2D eigenvalue weighted by molar-refractivity contribution is 7.09. The van der Waals surface area contributed by atoms with Crippen LogP contribution in [0.2, 0.25) is 5.02 Å². The number of ketones is 1. The molecule has 1 aliphatic rings. The van der Waals surface area contributed by atoms with Gasteiger partial charge in [0.25, 0.3) is 0 Å². The lowest BCUT2D eigenvalue weighted by atomic mass is 10.1. The van der Waals surface area contributed by atoms with Crippen LogP contribution in [-0.4, -0.2) is 23.5 Å². The number of carbonyl (C=O) groups excluding carboxylic acids is 2. The number of nitrogens with one attached hydrogen (secondary N) is 1. The number of Topliss-reactive ketones (excluding diaryl/α,β-unsaturated/α-hetero) is 1. The van der Waals surface area contributed by atoms with Gasteiger partial charge in [0.1, 0.15) is 17.4 Å². The summed E-state index contributed by atoms with van der Waals surface area (Å²) in [4.78, 5) is 28.9. The summed E-state index contributed by atoms with van der Waals surface area (Å²) in [6.45, 7) is 1.81. The van der Waals surface area contributed by atoms with Gasteiger partial charge in [0.05, 0.1) is 17.8 Å². The van der Waals surface area contributed by atoms with Crippen LogP contribution in [-0.2, 0) is 17.8 Å². The second-order valence-corrected chi connectivity index (χ2v) is 7.89. The van der Waals surface area contributed by atoms with Crippen LogP contribution in [0.4, 0.5) is 5.69 Å². The summed E-state index contributed by atoms with van der Waals surface area (Å²) in [5.41, 5.74) is 1.37. The lowest BCUT2D eigenvalue weighted by molar-refractivity contribution is -0.115. The van der Waals surface area contributed by atoms with Crippen LogP contribution in [0.25, 0.3) is 0 Å². The van der Waals surface area contributed by atoms with Gasteiger partial charge in [0, 0.05) is 22.0 Å². The highest BCUT2D eigenvalue weighted by Crippen LogP contribution is 2.37. The number of hydrogen-bond donors (Lipinski definition) is 1. The molecule has 1 aromatic heterocycles. The summed E-state index contributed by atoms with van der Waals surface area (Å²) < 4.78 is 16.3. The minimum atomic E-state index is -0.285. The van der Waals surface area contributed by atoms with Crippen molar-refractivity contribution in [1.82, 2.24) is 4.98 Å². The van der Waals surface area contributed by atoms with Crippen molar-refractivity contribution in [2.24, 2.45) is 0 Å². The highest BCUT2D eigenvalue weighted by Gasteiger charge is 2.20. The molecule has 30 heavy (non-hydrogen) atoms. The Morgan fingerprint density at radius 1 is 1.20 bits per heavy atom. The third-order valence-electron chi connectivity index (χ3n) is 4.28. The number of rotatable bonds is 7. The minimum absolute atomic E-state index is 0.0727. The molecule has 4 rings (SSSR count). The number of carbonyl (C=O) groups is 2. The molecule has 2 aromatic carbocycles. The maximum Gasteiger partial charge on any atom is 0.231 e. The Kier molecular flexibility index (Phi) is 5.87. The fourth-order valence-corrected chi connectivity index (χ4v) is 3.70. The molecular weight excluding hydrogens is 428 g/mol. The van der Waals surface area contributed by atoms with Gasteiger partial charge in [-0.15, -0.1) is 11.3 Å². The second kappa shape index (κ2) is 8.73. The third kappa shape index (κ3) is 4.72. The molecule has 1 N–H and O–H groups in total. The summed E-state index contributed by atoms with van der Waals surface area (Å²) in [5.74, 6) is 1.20. The monoisotopic (exact) mass is 444 g/mol. The Morgan fingerprint density at radius 2 is 1.93 bits per heavy atom. The number of amides is 1. The van der Waals surface area contributed by atoms with Crippen molar-refractivity contribution < 1.29 is 23.8 Å². The molecule has 1 aliphatic heterocycles. The number of thiazole rings is 1. The molecule has 7 nitrogen and oxygen atoms in total. The van der Waals surface area contributed by atoms with E-state index in [1.807, 2.05) is 5.38 Å². The van der Waals surface area contributed by atoms with Gasteiger partial charge in [0.2, 0.25) is 12.7 Å². The number of halogens is 1. The van der Waals surface area contributed by atoms with Crippen LogP contribution in [0.5, 0.6) is 17.2 Å². The van der Waals surface area contributed by atoms with E-state index in [2.05, 4.69) is 10.3 Å². The van der Waals surface area contributed by atoms with Crippen molar-refractivity contribution in [2.45, 2.75) is 20.0 Å². The highest BCUT2D eigenvalue weighted by atomic mass is 35.5. The van der Waals surface area contributed by atoms with Crippen molar-refractivity contribution in [3.05, 3.63) is 63.1 Å². The Morgan fingerprint density at radius 3 is 2.67 bits per heavy atom. The molecule has 3 aromatic rings. The van der Waals surface area contributed by atoms with Crippen molar-refractivity contribution in [2.75, 3.05) is 12.1 Å². The fraction of sp³-hybridized carbons (Fsp3) is 0.190. The Hall–Kier alpha value is -3.10. The molecule has 0 unspecified atom stereocenters. The van der Waals surface area contributed by atoms with Gasteiger partial charge >= 0.3 is 0 Å². The number of nitrogens with zero attached hydrogens (tertiary/aromatic N) is 1. The molecule has 0 saturated heterocycles. The molecule has 0 atom stereocenters. The summed E-state index contributed by atoms with van der Waals surface area (Å²) >= 11 is 7.27. The van der Waals surface area contributed by atoms with Crippen LogP contribution in [0.15, 0.2) is 41.8 Å². The summed E-state index contributed by atoms with van der Waals surface area (Å²) in [5, 5.41) is 5.97.